The summed E-state index contributed by atoms with van der Waals surface area (Å²) in [5.41, 5.74) is 1.19. The van der Waals surface area contributed by atoms with Crippen LogP contribution in [0, 0.1) is 0 Å². The van der Waals surface area contributed by atoms with Crippen molar-refractivity contribution >= 4 is 11.8 Å². The van der Waals surface area contributed by atoms with Gasteiger partial charge in [-0.25, -0.2) is 0 Å². The first kappa shape index (κ1) is 15.8. The normalized spacial score (nSPS) is 22.0. The number of ether oxygens (including phenoxy) is 1. The van der Waals surface area contributed by atoms with Crippen molar-refractivity contribution in [1.29, 1.82) is 0 Å². The van der Waals surface area contributed by atoms with E-state index in [2.05, 4.69) is 16.3 Å². The highest BCUT2D eigenvalue weighted by Gasteiger charge is 2.30. The average molecular weight is 317 g/mol. The molecule has 1 atom stereocenters. The summed E-state index contributed by atoms with van der Waals surface area (Å²) in [4.78, 5) is 27.8. The van der Waals surface area contributed by atoms with E-state index in [1.165, 1.54) is 5.56 Å². The zero-order valence-corrected chi connectivity index (χ0v) is 13.5. The molecule has 3 rings (SSSR count). The van der Waals surface area contributed by atoms with Crippen molar-refractivity contribution in [2.75, 3.05) is 39.8 Å². The van der Waals surface area contributed by atoms with Gasteiger partial charge in [0.2, 0.25) is 11.8 Å². The van der Waals surface area contributed by atoms with Crippen LogP contribution in [0.1, 0.15) is 24.4 Å². The van der Waals surface area contributed by atoms with Crippen molar-refractivity contribution in [2.24, 2.45) is 0 Å². The minimum Gasteiger partial charge on any atom is -0.497 e. The molecule has 1 N–H and O–H groups in total. The van der Waals surface area contributed by atoms with E-state index in [0.717, 1.165) is 25.1 Å². The molecule has 0 aromatic heterocycles. The van der Waals surface area contributed by atoms with E-state index in [-0.39, 0.29) is 24.4 Å². The third-order valence-electron chi connectivity index (χ3n) is 4.57. The molecule has 23 heavy (non-hydrogen) atoms. The highest BCUT2D eigenvalue weighted by Crippen LogP contribution is 2.33. The van der Waals surface area contributed by atoms with E-state index in [4.69, 9.17) is 4.74 Å². The van der Waals surface area contributed by atoms with Crippen molar-refractivity contribution in [3.63, 3.8) is 0 Å². The molecule has 2 aliphatic rings. The Hall–Kier alpha value is -2.08. The van der Waals surface area contributed by atoms with Crippen molar-refractivity contribution in [1.82, 2.24) is 15.1 Å². The number of nitrogens with zero attached hydrogens (tertiary/aromatic N) is 2. The van der Waals surface area contributed by atoms with Crippen molar-refractivity contribution < 1.29 is 14.3 Å². The molecule has 6 heteroatoms. The summed E-state index contributed by atoms with van der Waals surface area (Å²) in [6.07, 6.45) is 2.12. The second kappa shape index (κ2) is 7.00. The lowest BCUT2D eigenvalue weighted by Gasteiger charge is -2.30. The maximum atomic E-state index is 12.5. The van der Waals surface area contributed by atoms with Gasteiger partial charge in [0.05, 0.1) is 20.2 Å². The lowest BCUT2D eigenvalue weighted by Crippen LogP contribution is -2.52. The topological polar surface area (TPSA) is 61.9 Å². The SMILES string of the molecule is COc1cccc(C2CCCN2CC(=O)N2CCNC(=O)C2)c1. The lowest BCUT2D eigenvalue weighted by molar-refractivity contribution is -0.139. The fraction of sp³-hybridized carbons (Fsp3) is 0.529. The molecule has 0 saturated carbocycles. The Balaban J connectivity index is 1.66. The van der Waals surface area contributed by atoms with Crippen LogP contribution in [0.15, 0.2) is 24.3 Å². The van der Waals surface area contributed by atoms with Gasteiger partial charge in [-0.05, 0) is 37.1 Å². The molecule has 6 nitrogen and oxygen atoms in total. The van der Waals surface area contributed by atoms with Gasteiger partial charge < -0.3 is 15.0 Å². The van der Waals surface area contributed by atoms with Crippen molar-refractivity contribution in [3.8, 4) is 5.75 Å². The fourth-order valence-electron chi connectivity index (χ4n) is 3.37. The molecule has 1 aromatic rings. The van der Waals surface area contributed by atoms with Crippen LogP contribution in [0.4, 0.5) is 0 Å². The standard InChI is InChI=1S/C17H23N3O3/c1-23-14-5-2-4-13(10-14)15-6-3-8-19(15)12-17(22)20-9-7-18-16(21)11-20/h2,4-5,10,15H,3,6-9,11-12H2,1H3,(H,18,21). The minimum absolute atomic E-state index is 0.0367. The van der Waals surface area contributed by atoms with Gasteiger partial charge in [0.15, 0.2) is 0 Å². The summed E-state index contributed by atoms with van der Waals surface area (Å²) in [5.74, 6) is 0.804. The number of rotatable bonds is 4. The first-order chi connectivity index (χ1) is 11.2. The number of piperazine rings is 1. The molecule has 0 bridgehead atoms. The second-order valence-corrected chi connectivity index (χ2v) is 6.07. The van der Waals surface area contributed by atoms with Gasteiger partial charge in [0.1, 0.15) is 5.75 Å². The van der Waals surface area contributed by atoms with Gasteiger partial charge in [-0.15, -0.1) is 0 Å². The molecule has 0 aliphatic carbocycles. The van der Waals surface area contributed by atoms with Crippen LogP contribution < -0.4 is 10.1 Å². The maximum Gasteiger partial charge on any atom is 0.239 e. The van der Waals surface area contributed by atoms with Crippen LogP contribution in [0.2, 0.25) is 0 Å². The fourth-order valence-corrected chi connectivity index (χ4v) is 3.37. The third-order valence-corrected chi connectivity index (χ3v) is 4.57. The summed E-state index contributed by atoms with van der Waals surface area (Å²) in [6, 6.07) is 8.29. The summed E-state index contributed by atoms with van der Waals surface area (Å²) in [6.45, 7) is 2.60. The Morgan fingerprint density at radius 2 is 2.26 bits per heavy atom. The average Bonchev–Trinajstić information content (AvgIpc) is 3.03. The van der Waals surface area contributed by atoms with Crippen molar-refractivity contribution in [2.45, 2.75) is 18.9 Å². The number of benzene rings is 1. The molecule has 1 unspecified atom stereocenters. The van der Waals surface area contributed by atoms with Crippen LogP contribution in [0.3, 0.4) is 0 Å². The maximum absolute atomic E-state index is 12.5. The number of hydrogen-bond acceptors (Lipinski definition) is 4. The van der Waals surface area contributed by atoms with Crippen LogP contribution in [-0.4, -0.2) is 61.4 Å². The molecule has 124 valence electrons. The molecular weight excluding hydrogens is 294 g/mol. The Labute approximate surface area is 136 Å². The number of amides is 2. The van der Waals surface area contributed by atoms with E-state index >= 15 is 0 Å². The third kappa shape index (κ3) is 3.64. The monoisotopic (exact) mass is 317 g/mol. The Morgan fingerprint density at radius 3 is 3.04 bits per heavy atom. The van der Waals surface area contributed by atoms with E-state index in [1.54, 1.807) is 12.0 Å². The summed E-state index contributed by atoms with van der Waals surface area (Å²) < 4.78 is 5.30. The Morgan fingerprint density at radius 1 is 1.39 bits per heavy atom. The molecular formula is C17H23N3O3. The predicted octanol–water partition coefficient (Wildman–Crippen LogP) is 0.791. The smallest absolute Gasteiger partial charge is 0.239 e. The number of nitrogens with one attached hydrogen (secondary N) is 1. The number of methoxy groups -OCH3 is 1. The predicted molar refractivity (Wildman–Crippen MR) is 86.1 cm³/mol. The molecule has 2 aliphatic heterocycles. The molecule has 1 aromatic carbocycles. The molecule has 0 radical (unpaired) electrons. The molecule has 2 heterocycles. The van der Waals surface area contributed by atoms with Crippen LogP contribution in [0.25, 0.3) is 0 Å². The highest BCUT2D eigenvalue weighted by atomic mass is 16.5. The van der Waals surface area contributed by atoms with Crippen LogP contribution >= 0.6 is 0 Å². The molecule has 0 spiro atoms. The van der Waals surface area contributed by atoms with Gasteiger partial charge in [0.25, 0.3) is 0 Å². The quantitative estimate of drug-likeness (QED) is 0.892. The summed E-state index contributed by atoms with van der Waals surface area (Å²) >= 11 is 0. The van der Waals surface area contributed by atoms with Gasteiger partial charge in [0, 0.05) is 19.1 Å². The minimum atomic E-state index is -0.0737. The van der Waals surface area contributed by atoms with Gasteiger partial charge in [-0.1, -0.05) is 12.1 Å². The van der Waals surface area contributed by atoms with E-state index in [1.807, 2.05) is 18.2 Å². The number of hydrogen-bond donors (Lipinski definition) is 1. The summed E-state index contributed by atoms with van der Waals surface area (Å²) in [5, 5.41) is 2.75. The second-order valence-electron chi connectivity index (χ2n) is 6.07. The number of carbonyl (C=O) groups excluding carboxylic acids is 2. The first-order valence-electron chi connectivity index (χ1n) is 8.10. The molecule has 2 fully saturated rings. The molecule has 2 saturated heterocycles. The number of likely N-dealkylation sites (tertiary alicyclic amines) is 1. The van der Waals surface area contributed by atoms with Gasteiger partial charge in [-0.3, -0.25) is 14.5 Å². The lowest BCUT2D eigenvalue weighted by atomic mass is 10.0. The largest absolute Gasteiger partial charge is 0.497 e. The summed E-state index contributed by atoms with van der Waals surface area (Å²) in [7, 11) is 1.66. The zero-order chi connectivity index (χ0) is 16.2. The van der Waals surface area contributed by atoms with Gasteiger partial charge >= 0.3 is 0 Å². The Bertz CT molecular complexity index is 590. The van der Waals surface area contributed by atoms with E-state index < -0.39 is 0 Å². The van der Waals surface area contributed by atoms with E-state index in [0.29, 0.717) is 19.6 Å². The van der Waals surface area contributed by atoms with Crippen LogP contribution in [0.5, 0.6) is 5.75 Å². The van der Waals surface area contributed by atoms with E-state index in [9.17, 15) is 9.59 Å². The molecule has 2 amide bonds. The number of carbonyl (C=O) groups is 2. The van der Waals surface area contributed by atoms with Gasteiger partial charge in [-0.2, -0.15) is 0 Å². The highest BCUT2D eigenvalue weighted by molar-refractivity contribution is 5.86. The van der Waals surface area contributed by atoms with Crippen LogP contribution in [-0.2, 0) is 9.59 Å². The Kier molecular flexibility index (Phi) is 4.81. The van der Waals surface area contributed by atoms with Crippen molar-refractivity contribution in [3.05, 3.63) is 29.8 Å². The zero-order valence-electron chi connectivity index (χ0n) is 13.5. The first-order valence-corrected chi connectivity index (χ1v) is 8.10.